The van der Waals surface area contributed by atoms with Crippen molar-refractivity contribution < 1.29 is 0 Å². The van der Waals surface area contributed by atoms with Crippen molar-refractivity contribution in [1.29, 1.82) is 0 Å². The quantitative estimate of drug-likeness (QED) is 0.175. The second-order valence-electron chi connectivity index (χ2n) is 12.5. The number of fused-ring (bicyclic) bond motifs is 3. The first kappa shape index (κ1) is 29.5. The van der Waals surface area contributed by atoms with E-state index in [4.69, 9.17) is 15.0 Å². The van der Waals surface area contributed by atoms with Crippen LogP contribution in [-0.2, 0) is 14.1 Å². The maximum absolute atomic E-state index is 13.1. The Balaban J connectivity index is 1.24. The average molecular weight is 646 g/mol. The maximum atomic E-state index is 13.1. The molecule has 0 unspecified atom stereocenters. The number of aromatic nitrogens is 5. The molecule has 0 spiro atoms. The number of hydrogen-bond donors (Lipinski definition) is 0. The Morgan fingerprint density at radius 3 is 1.32 bits per heavy atom. The predicted octanol–water partition coefficient (Wildman–Crippen LogP) is 9.70. The zero-order valence-electron chi connectivity index (χ0n) is 27.6. The molecule has 0 amide bonds. The van der Waals surface area contributed by atoms with Gasteiger partial charge in [-0.1, -0.05) is 146 Å². The molecule has 7 aromatic carbocycles. The largest absolute Gasteiger partial charge is 0.328 e. The van der Waals surface area contributed by atoms with Crippen LogP contribution in [0.5, 0.6) is 0 Å². The van der Waals surface area contributed by atoms with Crippen molar-refractivity contribution in [1.82, 2.24) is 24.1 Å². The van der Waals surface area contributed by atoms with Crippen LogP contribution in [0.15, 0.2) is 156 Å². The van der Waals surface area contributed by atoms with Gasteiger partial charge in [0.25, 0.3) is 0 Å². The second-order valence-corrected chi connectivity index (χ2v) is 12.5. The van der Waals surface area contributed by atoms with Gasteiger partial charge in [0.2, 0.25) is 0 Å². The third kappa shape index (κ3) is 4.72. The van der Waals surface area contributed by atoms with Crippen molar-refractivity contribution in [2.75, 3.05) is 0 Å². The molecular weight excluding hydrogens is 615 g/mol. The van der Waals surface area contributed by atoms with E-state index >= 15 is 0 Å². The van der Waals surface area contributed by atoms with Crippen LogP contribution in [0.3, 0.4) is 0 Å². The molecule has 0 radical (unpaired) electrons. The highest BCUT2D eigenvalue weighted by Crippen LogP contribution is 2.45. The van der Waals surface area contributed by atoms with E-state index in [1.807, 2.05) is 86.9 Å². The van der Waals surface area contributed by atoms with Gasteiger partial charge in [-0.15, -0.1) is 0 Å². The van der Waals surface area contributed by atoms with Crippen LogP contribution in [0, 0.1) is 0 Å². The first-order valence-electron chi connectivity index (χ1n) is 16.6. The monoisotopic (exact) mass is 645 g/mol. The van der Waals surface area contributed by atoms with E-state index in [9.17, 15) is 4.79 Å². The molecule has 6 nitrogen and oxygen atoms in total. The molecule has 0 fully saturated rings. The summed E-state index contributed by atoms with van der Waals surface area (Å²) in [5.74, 6) is 1.89. The summed E-state index contributed by atoms with van der Waals surface area (Å²) in [5.41, 5.74) is 9.00. The second kappa shape index (κ2) is 11.8. The van der Waals surface area contributed by atoms with Crippen LogP contribution in [-0.4, -0.2) is 24.1 Å². The highest BCUT2D eigenvalue weighted by Gasteiger charge is 2.21. The number of hydrogen-bond acceptors (Lipinski definition) is 4. The zero-order valence-corrected chi connectivity index (χ0v) is 27.6. The lowest BCUT2D eigenvalue weighted by molar-refractivity contribution is 0.795. The molecule has 2 aromatic heterocycles. The van der Waals surface area contributed by atoms with Crippen molar-refractivity contribution in [2.24, 2.45) is 14.1 Å². The molecule has 0 aliphatic heterocycles. The molecule has 9 rings (SSSR count). The van der Waals surface area contributed by atoms with Crippen LogP contribution in [0.1, 0.15) is 0 Å². The molecule has 0 aliphatic carbocycles. The Morgan fingerprint density at radius 2 is 0.820 bits per heavy atom. The topological polar surface area (TPSA) is 65.6 Å². The Kier molecular flexibility index (Phi) is 6.95. The zero-order chi connectivity index (χ0) is 33.8. The minimum absolute atomic E-state index is 0.0391. The molecule has 50 heavy (non-hydrogen) atoms. The fraction of sp³-hybridized carbons (Fsp3) is 0.0455. The molecule has 0 saturated carbocycles. The summed E-state index contributed by atoms with van der Waals surface area (Å²) in [5, 5.41) is 4.55. The van der Waals surface area contributed by atoms with Gasteiger partial charge in [-0.3, -0.25) is 9.13 Å². The average Bonchev–Trinajstić information content (AvgIpc) is 3.41. The summed E-state index contributed by atoms with van der Waals surface area (Å²) in [6.45, 7) is 0. The summed E-state index contributed by atoms with van der Waals surface area (Å²) in [6, 6.07) is 51.9. The number of para-hydroxylation sites is 1. The van der Waals surface area contributed by atoms with Crippen molar-refractivity contribution in [3.8, 4) is 56.4 Å². The van der Waals surface area contributed by atoms with Crippen LogP contribution < -0.4 is 5.69 Å². The third-order valence-corrected chi connectivity index (χ3v) is 9.62. The van der Waals surface area contributed by atoms with Crippen molar-refractivity contribution >= 4 is 32.6 Å². The maximum Gasteiger partial charge on any atom is 0.328 e. The normalized spacial score (nSPS) is 11.5. The third-order valence-electron chi connectivity index (χ3n) is 9.62. The number of rotatable bonds is 5. The molecule has 0 bridgehead atoms. The SMILES string of the molecule is Cn1c(=O)n(C)c2c(-c3c4ccccc4c(-c4ccc(-c5nc(-c6ccccc6)nc(-c6ccccc6)n5)cc4)c4ccccc34)cccc21. The lowest BCUT2D eigenvalue weighted by Gasteiger charge is -2.18. The summed E-state index contributed by atoms with van der Waals surface area (Å²) >= 11 is 0. The first-order valence-corrected chi connectivity index (χ1v) is 16.6. The first-order chi connectivity index (χ1) is 24.6. The molecule has 0 atom stereocenters. The highest BCUT2D eigenvalue weighted by molar-refractivity contribution is 6.23. The van der Waals surface area contributed by atoms with Gasteiger partial charge in [-0.25, -0.2) is 19.7 Å². The number of imidazole rings is 1. The smallest absolute Gasteiger partial charge is 0.295 e. The molecule has 0 aliphatic rings. The Bertz CT molecular complexity index is 2670. The Morgan fingerprint density at radius 1 is 0.400 bits per heavy atom. The van der Waals surface area contributed by atoms with Gasteiger partial charge in [0.05, 0.1) is 11.0 Å². The van der Waals surface area contributed by atoms with Gasteiger partial charge < -0.3 is 0 Å². The van der Waals surface area contributed by atoms with E-state index in [2.05, 4.69) is 78.9 Å². The fourth-order valence-corrected chi connectivity index (χ4v) is 7.23. The van der Waals surface area contributed by atoms with Gasteiger partial charge in [0.15, 0.2) is 17.5 Å². The Hall–Kier alpha value is -6.66. The molecule has 9 aromatic rings. The van der Waals surface area contributed by atoms with Gasteiger partial charge in [-0.05, 0) is 44.3 Å². The summed E-state index contributed by atoms with van der Waals surface area (Å²) < 4.78 is 3.48. The lowest BCUT2D eigenvalue weighted by atomic mass is 9.85. The predicted molar refractivity (Wildman–Crippen MR) is 204 cm³/mol. The number of benzene rings is 7. The molecular formula is C44H31N5O. The summed E-state index contributed by atoms with van der Waals surface area (Å²) in [4.78, 5) is 27.8. The van der Waals surface area contributed by atoms with Gasteiger partial charge >= 0.3 is 5.69 Å². The van der Waals surface area contributed by atoms with Crippen molar-refractivity contribution in [3.05, 3.63) is 162 Å². The molecule has 2 heterocycles. The molecule has 6 heteroatoms. The minimum Gasteiger partial charge on any atom is -0.295 e. The van der Waals surface area contributed by atoms with Gasteiger partial charge in [-0.2, -0.15) is 0 Å². The van der Waals surface area contributed by atoms with Crippen molar-refractivity contribution in [3.63, 3.8) is 0 Å². The Labute approximate surface area is 288 Å². The van der Waals surface area contributed by atoms with E-state index in [0.717, 1.165) is 71.5 Å². The lowest BCUT2D eigenvalue weighted by Crippen LogP contribution is -2.19. The van der Waals surface area contributed by atoms with Crippen LogP contribution in [0.4, 0.5) is 0 Å². The molecule has 0 N–H and O–H groups in total. The standard InChI is InChI=1S/C44H31N5O/c1-48-37-23-13-22-36(40(37)49(2)44(48)50)39-34-20-11-9-18-32(34)38(33-19-10-12-21-35(33)39)28-24-26-31(27-25-28)43-46-41(29-14-5-3-6-15-29)45-42(47-43)30-16-7-4-8-17-30/h3-27H,1-2H3. The van der Waals surface area contributed by atoms with E-state index in [1.54, 1.807) is 9.13 Å². The summed E-state index contributed by atoms with van der Waals surface area (Å²) in [6.07, 6.45) is 0. The number of nitrogens with zero attached hydrogens (tertiary/aromatic N) is 5. The van der Waals surface area contributed by atoms with Crippen molar-refractivity contribution in [2.45, 2.75) is 0 Å². The highest BCUT2D eigenvalue weighted by atomic mass is 16.1. The van der Waals surface area contributed by atoms with Crippen LogP contribution >= 0.6 is 0 Å². The van der Waals surface area contributed by atoms with E-state index in [-0.39, 0.29) is 5.69 Å². The van der Waals surface area contributed by atoms with E-state index in [1.165, 1.54) is 0 Å². The van der Waals surface area contributed by atoms with Crippen LogP contribution in [0.25, 0.3) is 89.0 Å². The number of aryl methyl sites for hydroxylation is 2. The van der Waals surface area contributed by atoms with Gasteiger partial charge in [0, 0.05) is 36.3 Å². The van der Waals surface area contributed by atoms with E-state index < -0.39 is 0 Å². The minimum atomic E-state index is -0.0391. The van der Waals surface area contributed by atoms with Crippen LogP contribution in [0.2, 0.25) is 0 Å². The fourth-order valence-electron chi connectivity index (χ4n) is 7.23. The molecule has 0 saturated heterocycles. The van der Waals surface area contributed by atoms with Gasteiger partial charge in [0.1, 0.15) is 0 Å². The van der Waals surface area contributed by atoms with E-state index in [0.29, 0.717) is 17.5 Å². The molecule has 238 valence electrons. The summed E-state index contributed by atoms with van der Waals surface area (Å²) in [7, 11) is 3.69.